The van der Waals surface area contributed by atoms with E-state index in [0.717, 1.165) is 48.1 Å². The van der Waals surface area contributed by atoms with Crippen LogP contribution in [0.4, 0.5) is 0 Å². The first-order valence-electron chi connectivity index (χ1n) is 9.45. The maximum absolute atomic E-state index is 12.2. The van der Waals surface area contributed by atoms with Crippen LogP contribution in [0.25, 0.3) is 10.4 Å². The lowest BCUT2D eigenvalue weighted by Gasteiger charge is -2.29. The highest BCUT2D eigenvalue weighted by molar-refractivity contribution is 7.16. The minimum atomic E-state index is -0.769. The van der Waals surface area contributed by atoms with E-state index in [4.69, 9.17) is 0 Å². The maximum Gasteiger partial charge on any atom is 0.337 e. The molecule has 2 aliphatic rings. The van der Waals surface area contributed by atoms with Gasteiger partial charge in [0.15, 0.2) is 0 Å². The Kier molecular flexibility index (Phi) is 4.24. The molecule has 0 aliphatic heterocycles. The Morgan fingerprint density at radius 3 is 2.69 bits per heavy atom. The standard InChI is InChI=1S/C22H27NO2S/c1-22(2)11-10-18-16(12-22)19(21(24)25)20(26-18)15-7-5-6-14-13(15)8-9-17(14)23(3)4/h5-7,17H,8-12H2,1-4H3,(H,24,25)/t17-/m1/s1. The van der Waals surface area contributed by atoms with E-state index in [2.05, 4.69) is 51.0 Å². The molecule has 0 unspecified atom stereocenters. The van der Waals surface area contributed by atoms with Crippen molar-refractivity contribution in [2.45, 2.75) is 52.0 Å². The molecule has 1 N–H and O–H groups in total. The second kappa shape index (κ2) is 6.21. The Morgan fingerprint density at radius 1 is 1.23 bits per heavy atom. The normalized spacial score (nSPS) is 20.9. The third kappa shape index (κ3) is 2.80. The molecule has 1 heterocycles. The molecule has 2 aromatic rings. The molecule has 4 rings (SSSR count). The van der Waals surface area contributed by atoms with Crippen molar-refractivity contribution in [2.24, 2.45) is 5.41 Å². The van der Waals surface area contributed by atoms with Crippen LogP contribution in [0, 0.1) is 5.41 Å². The number of thiophene rings is 1. The number of hydrogen-bond donors (Lipinski definition) is 1. The van der Waals surface area contributed by atoms with Gasteiger partial charge in [0.1, 0.15) is 0 Å². The van der Waals surface area contributed by atoms with Crippen molar-refractivity contribution in [1.29, 1.82) is 0 Å². The number of fused-ring (bicyclic) bond motifs is 2. The topological polar surface area (TPSA) is 40.5 Å². The van der Waals surface area contributed by atoms with Crippen molar-refractivity contribution in [2.75, 3.05) is 14.1 Å². The summed E-state index contributed by atoms with van der Waals surface area (Å²) in [6, 6.07) is 6.88. The second-order valence-corrected chi connectivity index (χ2v) is 9.85. The summed E-state index contributed by atoms with van der Waals surface area (Å²) >= 11 is 1.73. The van der Waals surface area contributed by atoms with Gasteiger partial charge in [-0.3, -0.25) is 0 Å². The molecule has 0 saturated heterocycles. The number of rotatable bonds is 3. The summed E-state index contributed by atoms with van der Waals surface area (Å²) in [7, 11) is 4.25. The van der Waals surface area contributed by atoms with Gasteiger partial charge in [0.2, 0.25) is 0 Å². The van der Waals surface area contributed by atoms with Crippen LogP contribution in [-0.2, 0) is 19.3 Å². The van der Waals surface area contributed by atoms with Crippen LogP contribution in [0.3, 0.4) is 0 Å². The van der Waals surface area contributed by atoms with Gasteiger partial charge in [-0.15, -0.1) is 11.3 Å². The lowest BCUT2D eigenvalue weighted by Crippen LogP contribution is -2.22. The van der Waals surface area contributed by atoms with Crippen molar-refractivity contribution in [3.63, 3.8) is 0 Å². The van der Waals surface area contributed by atoms with Crippen LogP contribution in [0.2, 0.25) is 0 Å². The highest BCUT2D eigenvalue weighted by atomic mass is 32.1. The van der Waals surface area contributed by atoms with Crippen LogP contribution in [-0.4, -0.2) is 30.1 Å². The number of carboxylic acids is 1. The Balaban J connectivity index is 1.89. The number of hydrogen-bond acceptors (Lipinski definition) is 3. The summed E-state index contributed by atoms with van der Waals surface area (Å²) in [6.07, 6.45) is 5.15. The molecule has 3 nitrogen and oxygen atoms in total. The molecular formula is C22H27NO2S. The first-order valence-corrected chi connectivity index (χ1v) is 10.3. The first kappa shape index (κ1) is 17.7. The molecule has 26 heavy (non-hydrogen) atoms. The fraction of sp³-hybridized carbons (Fsp3) is 0.500. The van der Waals surface area contributed by atoms with Gasteiger partial charge in [-0.25, -0.2) is 4.79 Å². The summed E-state index contributed by atoms with van der Waals surface area (Å²) in [5.41, 5.74) is 5.72. The quantitative estimate of drug-likeness (QED) is 0.811. The van der Waals surface area contributed by atoms with Gasteiger partial charge < -0.3 is 10.0 Å². The van der Waals surface area contributed by atoms with E-state index in [1.165, 1.54) is 16.0 Å². The smallest absolute Gasteiger partial charge is 0.337 e. The Morgan fingerprint density at radius 2 is 2.00 bits per heavy atom. The maximum atomic E-state index is 12.2. The summed E-state index contributed by atoms with van der Waals surface area (Å²) in [6.45, 7) is 4.50. The molecule has 0 spiro atoms. The summed E-state index contributed by atoms with van der Waals surface area (Å²) in [5, 5.41) is 10.0. The largest absolute Gasteiger partial charge is 0.478 e. The van der Waals surface area contributed by atoms with E-state index < -0.39 is 5.97 Å². The molecule has 1 aromatic heterocycles. The number of nitrogens with zero attached hydrogens (tertiary/aromatic N) is 1. The van der Waals surface area contributed by atoms with E-state index >= 15 is 0 Å². The predicted octanol–water partition coefficient (Wildman–Crippen LogP) is 5.18. The molecule has 2 aliphatic carbocycles. The Hall–Kier alpha value is -1.65. The SMILES string of the molecule is CN(C)[C@@H]1CCc2c(-c3sc4c(c3C(=O)O)CC(C)(C)CC4)cccc21. The van der Waals surface area contributed by atoms with Crippen LogP contribution >= 0.6 is 11.3 Å². The molecule has 1 atom stereocenters. The molecule has 0 amide bonds. The average molecular weight is 370 g/mol. The Labute approximate surface area is 159 Å². The molecular weight excluding hydrogens is 342 g/mol. The summed E-state index contributed by atoms with van der Waals surface area (Å²) in [5.74, 6) is -0.769. The molecule has 138 valence electrons. The minimum absolute atomic E-state index is 0.185. The zero-order valence-electron chi connectivity index (χ0n) is 16.1. The summed E-state index contributed by atoms with van der Waals surface area (Å²) < 4.78 is 0. The van der Waals surface area contributed by atoms with Crippen molar-refractivity contribution in [3.8, 4) is 10.4 Å². The minimum Gasteiger partial charge on any atom is -0.478 e. The van der Waals surface area contributed by atoms with Crippen LogP contribution in [0.15, 0.2) is 18.2 Å². The average Bonchev–Trinajstić information content (AvgIpc) is 3.14. The van der Waals surface area contributed by atoms with E-state index in [9.17, 15) is 9.90 Å². The van der Waals surface area contributed by atoms with Crippen LogP contribution < -0.4 is 0 Å². The number of aromatic carboxylic acids is 1. The van der Waals surface area contributed by atoms with Crippen molar-refractivity contribution in [1.82, 2.24) is 4.90 Å². The van der Waals surface area contributed by atoms with Gasteiger partial charge in [-0.1, -0.05) is 32.0 Å². The second-order valence-electron chi connectivity index (χ2n) is 8.75. The van der Waals surface area contributed by atoms with Gasteiger partial charge >= 0.3 is 5.97 Å². The van der Waals surface area contributed by atoms with Gasteiger partial charge in [0, 0.05) is 15.8 Å². The van der Waals surface area contributed by atoms with Gasteiger partial charge in [-0.2, -0.15) is 0 Å². The molecule has 0 fully saturated rings. The first-order chi connectivity index (χ1) is 12.3. The Bertz CT molecular complexity index is 879. The zero-order valence-corrected chi connectivity index (χ0v) is 16.9. The molecule has 0 radical (unpaired) electrons. The number of benzene rings is 1. The van der Waals surface area contributed by atoms with E-state index in [1.54, 1.807) is 11.3 Å². The monoisotopic (exact) mass is 369 g/mol. The molecule has 0 saturated carbocycles. The van der Waals surface area contributed by atoms with Crippen LogP contribution in [0.5, 0.6) is 0 Å². The fourth-order valence-electron chi connectivity index (χ4n) is 4.72. The van der Waals surface area contributed by atoms with Crippen molar-refractivity contribution < 1.29 is 9.90 Å². The third-order valence-electron chi connectivity index (χ3n) is 6.10. The van der Waals surface area contributed by atoms with E-state index in [-0.39, 0.29) is 5.41 Å². The molecule has 0 bridgehead atoms. The van der Waals surface area contributed by atoms with Gasteiger partial charge in [0.25, 0.3) is 0 Å². The molecule has 4 heteroatoms. The highest BCUT2D eigenvalue weighted by Gasteiger charge is 2.34. The lowest BCUT2D eigenvalue weighted by molar-refractivity contribution is 0.0696. The van der Waals surface area contributed by atoms with E-state index in [0.29, 0.717) is 11.6 Å². The van der Waals surface area contributed by atoms with Crippen molar-refractivity contribution >= 4 is 17.3 Å². The van der Waals surface area contributed by atoms with E-state index in [1.807, 2.05) is 0 Å². The van der Waals surface area contributed by atoms with Crippen LogP contribution in [0.1, 0.15) is 64.7 Å². The van der Waals surface area contributed by atoms with Crippen molar-refractivity contribution in [3.05, 3.63) is 45.3 Å². The molecule has 1 aromatic carbocycles. The van der Waals surface area contributed by atoms with Gasteiger partial charge in [-0.05, 0) is 73.9 Å². The third-order valence-corrected chi connectivity index (χ3v) is 7.42. The number of carboxylic acid groups (broad SMARTS) is 1. The van der Waals surface area contributed by atoms with Gasteiger partial charge in [0.05, 0.1) is 5.56 Å². The summed E-state index contributed by atoms with van der Waals surface area (Å²) in [4.78, 5) is 16.8. The zero-order chi connectivity index (χ0) is 18.6. The highest BCUT2D eigenvalue weighted by Crippen LogP contribution is 2.48. The predicted molar refractivity (Wildman–Crippen MR) is 107 cm³/mol. The fourth-order valence-corrected chi connectivity index (χ4v) is 6.08. The number of aryl methyl sites for hydroxylation is 1. The lowest BCUT2D eigenvalue weighted by atomic mass is 9.76. The number of carbonyl (C=O) groups is 1.